The number of carbonyl (C=O) groups excluding carboxylic acids is 3. The number of rotatable bonds is 5. The Kier molecular flexibility index (Phi) is 6.51. The molecule has 0 saturated heterocycles. The highest BCUT2D eigenvalue weighted by Crippen LogP contribution is 2.40. The van der Waals surface area contributed by atoms with Crippen LogP contribution in [0.2, 0.25) is 0 Å². The van der Waals surface area contributed by atoms with E-state index in [2.05, 4.69) is 15.3 Å². The number of fused-ring (bicyclic) bond motifs is 3. The van der Waals surface area contributed by atoms with E-state index in [1.54, 1.807) is 6.92 Å². The summed E-state index contributed by atoms with van der Waals surface area (Å²) in [4.78, 5) is 58.8. The number of aromatic nitrogens is 2. The summed E-state index contributed by atoms with van der Waals surface area (Å²) in [6, 6.07) is 5.78. The van der Waals surface area contributed by atoms with Gasteiger partial charge >= 0.3 is 5.97 Å². The van der Waals surface area contributed by atoms with E-state index in [1.165, 1.54) is 0 Å². The Bertz CT molecular complexity index is 1420. The fourth-order valence-corrected chi connectivity index (χ4v) is 6.63. The summed E-state index contributed by atoms with van der Waals surface area (Å²) in [5.74, 6) is -0.482. The van der Waals surface area contributed by atoms with Gasteiger partial charge in [0.05, 0.1) is 16.2 Å². The number of ketones is 1. The number of nitrogens with zero attached hydrogens (tertiary/aromatic N) is 1. The maximum Gasteiger partial charge on any atom is 0.309 e. The molecule has 2 bridgehead atoms. The summed E-state index contributed by atoms with van der Waals surface area (Å²) >= 11 is 1.14. The number of hydrogen-bond acceptors (Lipinski definition) is 7. The molecule has 2 saturated carbocycles. The molecule has 2 fully saturated rings. The fourth-order valence-electron chi connectivity index (χ4n) is 5.54. The third kappa shape index (κ3) is 4.59. The van der Waals surface area contributed by atoms with E-state index in [0.717, 1.165) is 41.7 Å². The normalized spacial score (nSPS) is 21.4. The van der Waals surface area contributed by atoms with Crippen molar-refractivity contribution in [3.63, 3.8) is 0 Å². The Morgan fingerprint density at radius 2 is 1.86 bits per heavy atom. The van der Waals surface area contributed by atoms with Gasteiger partial charge in [0.2, 0.25) is 0 Å². The van der Waals surface area contributed by atoms with Gasteiger partial charge in [0.15, 0.2) is 0 Å². The summed E-state index contributed by atoms with van der Waals surface area (Å²) in [5, 5.41) is 3.28. The number of aromatic amines is 1. The second-order valence-electron chi connectivity index (χ2n) is 10.0. The molecule has 2 aromatic heterocycles. The molecule has 1 amide bonds. The molecule has 8 nitrogen and oxygen atoms in total. The van der Waals surface area contributed by atoms with Gasteiger partial charge in [-0.05, 0) is 63.6 Å². The van der Waals surface area contributed by atoms with Crippen LogP contribution in [0.15, 0.2) is 23.0 Å². The van der Waals surface area contributed by atoms with Crippen LogP contribution in [0, 0.1) is 38.5 Å². The molecule has 0 spiro atoms. The number of thiophene rings is 1. The predicted octanol–water partition coefficient (Wildman–Crippen LogP) is 4.60. The first-order valence-electron chi connectivity index (χ1n) is 12.3. The van der Waals surface area contributed by atoms with Crippen molar-refractivity contribution in [3.8, 4) is 0 Å². The SMILES string of the molecule is Cc1ccc(NC(=O)c2sc3nc(COC(=O)C4C[C@H]5CCC[C@H](C4)C5=O)[nH]c(=O)c3c2C)c(C)c1. The Balaban J connectivity index is 1.31. The van der Waals surface area contributed by atoms with Crippen LogP contribution in [-0.2, 0) is 20.9 Å². The zero-order valence-electron chi connectivity index (χ0n) is 20.6. The first kappa shape index (κ1) is 24.4. The van der Waals surface area contributed by atoms with Gasteiger partial charge in [-0.15, -0.1) is 11.3 Å². The number of anilines is 1. The molecule has 1 aromatic carbocycles. The fraction of sp³-hybridized carbons (Fsp3) is 0.444. The van der Waals surface area contributed by atoms with Gasteiger partial charge in [-0.2, -0.15) is 0 Å². The van der Waals surface area contributed by atoms with Crippen LogP contribution in [-0.4, -0.2) is 27.6 Å². The molecule has 0 radical (unpaired) electrons. The van der Waals surface area contributed by atoms with Crippen LogP contribution in [0.3, 0.4) is 0 Å². The number of aryl methyl sites for hydroxylation is 3. The van der Waals surface area contributed by atoms with E-state index in [1.807, 2.05) is 32.0 Å². The molecule has 2 atom stereocenters. The second kappa shape index (κ2) is 9.61. The van der Waals surface area contributed by atoms with Gasteiger partial charge in [-0.25, -0.2) is 4.98 Å². The summed E-state index contributed by atoms with van der Waals surface area (Å²) in [6.45, 7) is 5.49. The van der Waals surface area contributed by atoms with E-state index in [0.29, 0.717) is 45.0 Å². The summed E-state index contributed by atoms with van der Waals surface area (Å²) in [6.07, 6.45) is 3.82. The van der Waals surface area contributed by atoms with E-state index in [-0.39, 0.29) is 47.6 Å². The monoisotopic (exact) mass is 507 g/mol. The minimum atomic E-state index is -0.372. The summed E-state index contributed by atoms with van der Waals surface area (Å²) in [5.41, 5.74) is 2.96. The minimum Gasteiger partial charge on any atom is -0.457 e. The number of Topliss-reactive ketones (excluding diaryl/α,β-unsaturated/α-hetero) is 1. The van der Waals surface area contributed by atoms with Crippen molar-refractivity contribution in [2.75, 3.05) is 5.32 Å². The topological polar surface area (TPSA) is 118 Å². The van der Waals surface area contributed by atoms with E-state index >= 15 is 0 Å². The highest BCUT2D eigenvalue weighted by atomic mass is 32.1. The lowest BCUT2D eigenvalue weighted by Gasteiger charge is -2.36. The lowest BCUT2D eigenvalue weighted by Crippen LogP contribution is -2.39. The maximum atomic E-state index is 13.0. The highest BCUT2D eigenvalue weighted by molar-refractivity contribution is 7.20. The molecule has 36 heavy (non-hydrogen) atoms. The molecule has 2 aliphatic carbocycles. The highest BCUT2D eigenvalue weighted by Gasteiger charge is 2.41. The van der Waals surface area contributed by atoms with Gasteiger partial charge in [0, 0.05) is 17.5 Å². The number of nitrogens with one attached hydrogen (secondary N) is 2. The number of esters is 1. The molecule has 2 heterocycles. The van der Waals surface area contributed by atoms with Crippen LogP contribution in [0.25, 0.3) is 10.2 Å². The molecule has 2 N–H and O–H groups in total. The van der Waals surface area contributed by atoms with Crippen molar-refractivity contribution in [1.82, 2.24) is 9.97 Å². The van der Waals surface area contributed by atoms with Crippen molar-refractivity contribution in [1.29, 1.82) is 0 Å². The van der Waals surface area contributed by atoms with Crippen molar-refractivity contribution < 1.29 is 19.1 Å². The van der Waals surface area contributed by atoms with E-state index < -0.39 is 0 Å². The Morgan fingerprint density at radius 3 is 2.56 bits per heavy atom. The number of hydrogen-bond donors (Lipinski definition) is 2. The lowest BCUT2D eigenvalue weighted by atomic mass is 9.67. The van der Waals surface area contributed by atoms with Crippen molar-refractivity contribution in [3.05, 3.63) is 55.9 Å². The van der Waals surface area contributed by atoms with Crippen LogP contribution in [0.4, 0.5) is 5.69 Å². The van der Waals surface area contributed by atoms with Gasteiger partial charge in [0.1, 0.15) is 23.0 Å². The third-order valence-corrected chi connectivity index (χ3v) is 8.60. The minimum absolute atomic E-state index is 0.0355. The number of ether oxygens (including phenoxy) is 1. The first-order valence-corrected chi connectivity index (χ1v) is 13.1. The molecule has 188 valence electrons. The zero-order chi connectivity index (χ0) is 25.6. The average Bonchev–Trinajstić information content (AvgIpc) is 3.16. The Hall–Kier alpha value is -3.33. The van der Waals surface area contributed by atoms with Crippen LogP contribution < -0.4 is 10.9 Å². The van der Waals surface area contributed by atoms with Gasteiger partial charge in [-0.3, -0.25) is 19.2 Å². The van der Waals surface area contributed by atoms with Crippen molar-refractivity contribution in [2.24, 2.45) is 17.8 Å². The molecular weight excluding hydrogens is 478 g/mol. The number of benzene rings is 1. The molecule has 3 aromatic rings. The number of H-pyrrole nitrogens is 1. The molecule has 5 rings (SSSR count). The molecule has 9 heteroatoms. The number of amides is 1. The smallest absolute Gasteiger partial charge is 0.309 e. The zero-order valence-corrected chi connectivity index (χ0v) is 21.4. The second-order valence-corrected chi connectivity index (χ2v) is 11.0. The van der Waals surface area contributed by atoms with E-state index in [9.17, 15) is 19.2 Å². The van der Waals surface area contributed by atoms with Gasteiger partial charge in [-0.1, -0.05) is 24.1 Å². The largest absolute Gasteiger partial charge is 0.457 e. The third-order valence-electron chi connectivity index (χ3n) is 7.42. The van der Waals surface area contributed by atoms with Crippen molar-refractivity contribution in [2.45, 2.75) is 59.5 Å². The van der Waals surface area contributed by atoms with Crippen LogP contribution in [0.1, 0.15) is 64.3 Å². The summed E-state index contributed by atoms with van der Waals surface area (Å²) < 4.78 is 5.50. The lowest BCUT2D eigenvalue weighted by molar-refractivity contribution is -0.155. The summed E-state index contributed by atoms with van der Waals surface area (Å²) in [7, 11) is 0. The van der Waals surface area contributed by atoms with Crippen molar-refractivity contribution >= 4 is 44.9 Å². The quantitative estimate of drug-likeness (QED) is 0.487. The van der Waals surface area contributed by atoms with Crippen LogP contribution >= 0.6 is 11.3 Å². The standard InChI is InChI=1S/C27H29N3O5S/c1-13-7-8-19(14(2)9-13)28-25(33)23-15(3)21-24(32)29-20(30-26(21)36-23)12-35-27(34)18-10-16-5-4-6-17(11-18)22(16)31/h7-9,16-18H,4-6,10-12H2,1-3H3,(H,28,33)(H,29,30,32)/t16-,17-/m1/s1. The number of carbonyl (C=O) groups is 3. The predicted molar refractivity (Wildman–Crippen MR) is 137 cm³/mol. The molecule has 0 aliphatic heterocycles. The van der Waals surface area contributed by atoms with E-state index in [4.69, 9.17) is 4.74 Å². The average molecular weight is 508 g/mol. The molecule has 2 aliphatic rings. The maximum absolute atomic E-state index is 13.0. The molecular formula is C27H29N3O5S. The van der Waals surface area contributed by atoms with Gasteiger partial charge < -0.3 is 15.0 Å². The van der Waals surface area contributed by atoms with Crippen LogP contribution in [0.5, 0.6) is 0 Å². The van der Waals surface area contributed by atoms with Gasteiger partial charge in [0.25, 0.3) is 11.5 Å². The Morgan fingerprint density at radius 1 is 1.14 bits per heavy atom. The first-order chi connectivity index (χ1) is 17.2. The molecule has 0 unspecified atom stereocenters. The Labute approximate surface area is 212 Å².